The van der Waals surface area contributed by atoms with Crippen LogP contribution in [0.25, 0.3) is 0 Å². The number of ketones is 1. The van der Waals surface area contributed by atoms with E-state index < -0.39 is 0 Å². The normalized spacial score (nSPS) is 9.07. The van der Waals surface area contributed by atoms with Gasteiger partial charge >= 0.3 is 0 Å². The average molecular weight is 391 g/mol. The van der Waals surface area contributed by atoms with Gasteiger partial charge in [-0.15, -0.1) is 0 Å². The molecule has 2 aromatic rings. The van der Waals surface area contributed by atoms with Gasteiger partial charge < -0.3 is 0 Å². The maximum atomic E-state index is 11.8. The molecule has 0 N–H and O–H groups in total. The molecule has 1 nitrogen and oxygen atoms in total. The molecule has 0 aliphatic rings. The van der Waals surface area contributed by atoms with Gasteiger partial charge in [-0.2, -0.15) is 0 Å². The van der Waals surface area contributed by atoms with Gasteiger partial charge in [-0.3, -0.25) is 4.79 Å². The van der Waals surface area contributed by atoms with E-state index >= 15 is 0 Å². The number of benzene rings is 2. The molecule has 0 fully saturated rings. The molecule has 2 aromatic carbocycles. The molecule has 0 saturated carbocycles. The Bertz CT molecular complexity index is 381. The van der Waals surface area contributed by atoms with Gasteiger partial charge in [-0.1, -0.05) is 60.7 Å². The van der Waals surface area contributed by atoms with Crippen LogP contribution in [0.4, 0.5) is 0 Å². The predicted octanol–water partition coefficient (Wildman–Crippen LogP) is 2.54. The standard InChI is InChI=1S/C13H10O.Bi/c14-13(11-7-3-1-4-8-11)12-9-5-2-6-10-12;/h1-10H;. The summed E-state index contributed by atoms with van der Waals surface area (Å²) in [6, 6.07) is 18.6. The van der Waals surface area contributed by atoms with E-state index in [4.69, 9.17) is 0 Å². The third-order valence-corrected chi connectivity index (χ3v) is 2.07. The van der Waals surface area contributed by atoms with Crippen LogP contribution < -0.4 is 0 Å². The number of carbonyl (C=O) groups is 1. The monoisotopic (exact) mass is 391 g/mol. The van der Waals surface area contributed by atoms with Crippen molar-refractivity contribution in [3.05, 3.63) is 71.8 Å². The van der Waals surface area contributed by atoms with Gasteiger partial charge in [-0.05, 0) is 0 Å². The van der Waals surface area contributed by atoms with Crippen LogP contribution in [-0.4, -0.2) is 32.0 Å². The largest absolute Gasteiger partial charge is 0.289 e. The quantitative estimate of drug-likeness (QED) is 0.568. The molecule has 2 heteroatoms. The van der Waals surface area contributed by atoms with Crippen molar-refractivity contribution in [1.82, 2.24) is 0 Å². The average Bonchev–Trinajstić information content (AvgIpc) is 2.30. The molecule has 15 heavy (non-hydrogen) atoms. The SMILES string of the molecule is O=C(c1ccccc1)c1ccccc1.[Bi]. The van der Waals surface area contributed by atoms with Crippen LogP contribution in [0.1, 0.15) is 15.9 Å². The van der Waals surface area contributed by atoms with E-state index in [1.807, 2.05) is 60.7 Å². The fraction of sp³-hybridized carbons (Fsp3) is 0. The fourth-order valence-corrected chi connectivity index (χ4v) is 1.35. The number of hydrogen-bond donors (Lipinski definition) is 0. The molecule has 2 rings (SSSR count). The summed E-state index contributed by atoms with van der Waals surface area (Å²) < 4.78 is 0. The molecule has 0 unspecified atom stereocenters. The van der Waals surface area contributed by atoms with Gasteiger partial charge in [0.05, 0.1) is 0 Å². The molecule has 0 atom stereocenters. The van der Waals surface area contributed by atoms with Crippen LogP contribution in [0.2, 0.25) is 0 Å². The van der Waals surface area contributed by atoms with Crippen LogP contribution in [0.15, 0.2) is 60.7 Å². The minimum Gasteiger partial charge on any atom is -0.289 e. The van der Waals surface area contributed by atoms with Crippen molar-refractivity contribution in [2.45, 2.75) is 0 Å². The third kappa shape index (κ3) is 2.97. The molecular formula is C13H10BiO. The Morgan fingerprint density at radius 2 is 1.00 bits per heavy atom. The first-order valence-electron chi connectivity index (χ1n) is 4.53. The molecule has 0 spiro atoms. The molecule has 0 aliphatic heterocycles. The van der Waals surface area contributed by atoms with Crippen molar-refractivity contribution in [3.63, 3.8) is 0 Å². The van der Waals surface area contributed by atoms with Crippen molar-refractivity contribution in [3.8, 4) is 0 Å². The first-order chi connectivity index (χ1) is 6.88. The Balaban J connectivity index is 0.00000112. The maximum absolute atomic E-state index is 11.8. The molecule has 0 heterocycles. The van der Waals surface area contributed by atoms with Gasteiger partial charge in [0.2, 0.25) is 0 Å². The summed E-state index contributed by atoms with van der Waals surface area (Å²) in [6.07, 6.45) is 0. The first-order valence-corrected chi connectivity index (χ1v) is 4.53. The van der Waals surface area contributed by atoms with Gasteiger partial charge in [0.1, 0.15) is 0 Å². The van der Waals surface area contributed by atoms with Crippen molar-refractivity contribution < 1.29 is 4.79 Å². The summed E-state index contributed by atoms with van der Waals surface area (Å²) in [4.78, 5) is 11.8. The van der Waals surface area contributed by atoms with E-state index in [9.17, 15) is 4.79 Å². The summed E-state index contributed by atoms with van der Waals surface area (Å²) in [5, 5.41) is 0. The summed E-state index contributed by atoms with van der Waals surface area (Å²) in [7, 11) is 0. The molecule has 73 valence electrons. The van der Waals surface area contributed by atoms with Crippen LogP contribution in [-0.2, 0) is 0 Å². The van der Waals surface area contributed by atoms with Crippen LogP contribution in [0.5, 0.6) is 0 Å². The van der Waals surface area contributed by atoms with E-state index in [0.717, 1.165) is 11.1 Å². The van der Waals surface area contributed by atoms with Crippen LogP contribution in [0, 0.1) is 0 Å². The van der Waals surface area contributed by atoms with Gasteiger partial charge in [-0.25, -0.2) is 0 Å². The van der Waals surface area contributed by atoms with E-state index in [-0.39, 0.29) is 32.0 Å². The van der Waals surface area contributed by atoms with Crippen molar-refractivity contribution in [2.75, 3.05) is 0 Å². The van der Waals surface area contributed by atoms with Crippen molar-refractivity contribution in [1.29, 1.82) is 0 Å². The maximum Gasteiger partial charge on any atom is 0.193 e. The third-order valence-electron chi connectivity index (χ3n) is 2.07. The Morgan fingerprint density at radius 3 is 1.33 bits per heavy atom. The van der Waals surface area contributed by atoms with Crippen molar-refractivity contribution in [2.24, 2.45) is 0 Å². The Labute approximate surface area is 108 Å². The van der Waals surface area contributed by atoms with E-state index in [2.05, 4.69) is 0 Å². The topological polar surface area (TPSA) is 17.1 Å². The number of rotatable bonds is 2. The number of hydrogen-bond acceptors (Lipinski definition) is 1. The molecular weight excluding hydrogens is 381 g/mol. The molecule has 0 saturated heterocycles. The Morgan fingerprint density at radius 1 is 0.667 bits per heavy atom. The summed E-state index contributed by atoms with van der Waals surface area (Å²) in [6.45, 7) is 0. The minimum atomic E-state index is 0. The summed E-state index contributed by atoms with van der Waals surface area (Å²) in [5.74, 6) is 0.0752. The van der Waals surface area contributed by atoms with Crippen molar-refractivity contribution >= 4 is 32.0 Å². The first kappa shape index (κ1) is 12.1. The predicted molar refractivity (Wildman–Crippen MR) is 62.1 cm³/mol. The molecule has 3 radical (unpaired) electrons. The molecule has 0 aromatic heterocycles. The minimum absolute atomic E-state index is 0. The molecule has 0 bridgehead atoms. The fourth-order valence-electron chi connectivity index (χ4n) is 1.35. The zero-order chi connectivity index (χ0) is 9.80. The Hall–Kier alpha value is -1.01. The van der Waals surface area contributed by atoms with E-state index in [1.54, 1.807) is 0 Å². The molecule has 0 amide bonds. The molecule has 0 aliphatic carbocycles. The van der Waals surface area contributed by atoms with Gasteiger partial charge in [0, 0.05) is 37.3 Å². The number of carbonyl (C=O) groups excluding carboxylic acids is 1. The smallest absolute Gasteiger partial charge is 0.193 e. The van der Waals surface area contributed by atoms with E-state index in [1.165, 1.54) is 0 Å². The van der Waals surface area contributed by atoms with Gasteiger partial charge in [0.25, 0.3) is 0 Å². The van der Waals surface area contributed by atoms with Crippen LogP contribution in [0.3, 0.4) is 0 Å². The van der Waals surface area contributed by atoms with Crippen LogP contribution >= 0.6 is 0 Å². The second-order valence-electron chi connectivity index (χ2n) is 3.06. The van der Waals surface area contributed by atoms with Gasteiger partial charge in [0.15, 0.2) is 5.78 Å². The Kier molecular flexibility index (Phi) is 4.64. The summed E-state index contributed by atoms with van der Waals surface area (Å²) in [5.41, 5.74) is 1.47. The zero-order valence-electron chi connectivity index (χ0n) is 8.13. The second kappa shape index (κ2) is 5.77. The zero-order valence-corrected chi connectivity index (χ0v) is 11.6. The van der Waals surface area contributed by atoms with E-state index in [0.29, 0.717) is 0 Å². The summed E-state index contributed by atoms with van der Waals surface area (Å²) >= 11 is 0. The second-order valence-corrected chi connectivity index (χ2v) is 3.06.